The molecule has 0 spiro atoms. The minimum Gasteiger partial charge on any atom is -0.376 e. The molecule has 7 heteroatoms. The van der Waals surface area contributed by atoms with Crippen molar-refractivity contribution in [3.05, 3.63) is 53.1 Å². The van der Waals surface area contributed by atoms with Gasteiger partial charge in [-0.1, -0.05) is 43.6 Å². The second-order valence-electron chi connectivity index (χ2n) is 6.42. The lowest BCUT2D eigenvalue weighted by molar-refractivity contribution is -0.119. The molecule has 0 radical (unpaired) electrons. The largest absolute Gasteiger partial charge is 0.376 e. The zero-order valence-electron chi connectivity index (χ0n) is 15.0. The van der Waals surface area contributed by atoms with Crippen molar-refractivity contribution in [2.45, 2.75) is 30.6 Å². The lowest BCUT2D eigenvalue weighted by Gasteiger charge is -2.14. The molecular formula is C19H23ClN2O3S. The zero-order valence-corrected chi connectivity index (χ0v) is 16.6. The first kappa shape index (κ1) is 20.3. The van der Waals surface area contributed by atoms with Gasteiger partial charge in [0, 0.05) is 12.2 Å². The Morgan fingerprint density at radius 2 is 1.77 bits per heavy atom. The molecule has 0 saturated carbocycles. The Labute approximate surface area is 159 Å². The van der Waals surface area contributed by atoms with Gasteiger partial charge in [0.2, 0.25) is 15.7 Å². The molecule has 0 heterocycles. The highest BCUT2D eigenvalue weighted by Gasteiger charge is 2.22. The summed E-state index contributed by atoms with van der Waals surface area (Å²) >= 11 is 6.33. The molecule has 2 N–H and O–H groups in total. The van der Waals surface area contributed by atoms with Gasteiger partial charge in [-0.25, -0.2) is 8.42 Å². The molecule has 0 saturated heterocycles. The van der Waals surface area contributed by atoms with E-state index in [1.165, 1.54) is 18.2 Å². The van der Waals surface area contributed by atoms with E-state index in [4.69, 9.17) is 11.6 Å². The first-order chi connectivity index (χ1) is 12.2. The predicted molar refractivity (Wildman–Crippen MR) is 104 cm³/mol. The third-order valence-electron chi connectivity index (χ3n) is 3.84. The molecule has 2 aromatic rings. The fourth-order valence-corrected chi connectivity index (χ4v) is 4.22. The standard InChI is InChI=1S/C19H23ClN2O3S/c1-13(2)11-22-18(23)12-21-16-9-10-17(19(20)14(16)3)26(24,25)15-7-5-4-6-8-15/h4-10,13,21H,11-12H2,1-3H3,(H,22,23). The first-order valence-corrected chi connectivity index (χ1v) is 10.2. The summed E-state index contributed by atoms with van der Waals surface area (Å²) in [6.45, 7) is 6.46. The molecule has 0 atom stereocenters. The quantitative estimate of drug-likeness (QED) is 0.751. The van der Waals surface area contributed by atoms with Gasteiger partial charge in [0.1, 0.15) is 0 Å². The summed E-state index contributed by atoms with van der Waals surface area (Å²) < 4.78 is 25.5. The Hall–Kier alpha value is -2.05. The van der Waals surface area contributed by atoms with Gasteiger partial charge in [0.15, 0.2) is 0 Å². The van der Waals surface area contributed by atoms with Crippen molar-refractivity contribution < 1.29 is 13.2 Å². The molecule has 0 aliphatic heterocycles. The second-order valence-corrected chi connectivity index (χ2v) is 8.71. The van der Waals surface area contributed by atoms with Crippen LogP contribution in [0, 0.1) is 12.8 Å². The number of hydrogen-bond donors (Lipinski definition) is 2. The average molecular weight is 395 g/mol. The highest BCUT2D eigenvalue weighted by atomic mass is 35.5. The Kier molecular flexibility index (Phi) is 6.67. The summed E-state index contributed by atoms with van der Waals surface area (Å²) in [5, 5.41) is 5.97. The van der Waals surface area contributed by atoms with Crippen molar-refractivity contribution in [1.82, 2.24) is 5.32 Å². The zero-order chi connectivity index (χ0) is 19.3. The summed E-state index contributed by atoms with van der Waals surface area (Å²) in [5.74, 6) is 0.243. The maximum Gasteiger partial charge on any atom is 0.239 e. The molecule has 5 nitrogen and oxygen atoms in total. The summed E-state index contributed by atoms with van der Waals surface area (Å²) in [5.41, 5.74) is 1.21. The number of halogens is 1. The maximum absolute atomic E-state index is 12.8. The fraction of sp³-hybridized carbons (Fsp3) is 0.316. The number of sulfone groups is 1. The molecule has 0 fully saturated rings. The number of amides is 1. The predicted octanol–water partition coefficient (Wildman–Crippen LogP) is 3.67. The lowest BCUT2D eigenvalue weighted by Crippen LogP contribution is -2.32. The first-order valence-electron chi connectivity index (χ1n) is 8.33. The molecule has 2 rings (SSSR count). The number of nitrogens with one attached hydrogen (secondary N) is 2. The minimum atomic E-state index is -3.70. The van der Waals surface area contributed by atoms with E-state index in [-0.39, 0.29) is 27.3 Å². The van der Waals surface area contributed by atoms with Crippen LogP contribution in [-0.4, -0.2) is 27.4 Å². The molecule has 0 aliphatic carbocycles. The van der Waals surface area contributed by atoms with Crippen LogP contribution in [0.2, 0.25) is 5.02 Å². The number of carbonyl (C=O) groups is 1. The van der Waals surface area contributed by atoms with Gasteiger partial charge in [-0.15, -0.1) is 0 Å². The van der Waals surface area contributed by atoms with Crippen molar-refractivity contribution in [2.24, 2.45) is 5.92 Å². The van der Waals surface area contributed by atoms with Crippen molar-refractivity contribution in [2.75, 3.05) is 18.4 Å². The van der Waals surface area contributed by atoms with E-state index >= 15 is 0 Å². The number of carbonyl (C=O) groups excluding carboxylic acids is 1. The van der Waals surface area contributed by atoms with Gasteiger partial charge in [-0.05, 0) is 42.7 Å². The van der Waals surface area contributed by atoms with Crippen LogP contribution in [0.5, 0.6) is 0 Å². The van der Waals surface area contributed by atoms with Crippen LogP contribution in [0.3, 0.4) is 0 Å². The summed E-state index contributed by atoms with van der Waals surface area (Å²) in [6, 6.07) is 11.2. The normalized spacial score (nSPS) is 11.4. The van der Waals surface area contributed by atoms with Crippen LogP contribution in [0.15, 0.2) is 52.3 Å². The van der Waals surface area contributed by atoms with E-state index < -0.39 is 9.84 Å². The average Bonchev–Trinajstić information content (AvgIpc) is 2.61. The van der Waals surface area contributed by atoms with E-state index in [0.717, 1.165) is 0 Å². The summed E-state index contributed by atoms with van der Waals surface area (Å²) in [7, 11) is -3.70. The van der Waals surface area contributed by atoms with Crippen LogP contribution in [0.25, 0.3) is 0 Å². The lowest BCUT2D eigenvalue weighted by atomic mass is 10.2. The Morgan fingerprint density at radius 3 is 2.38 bits per heavy atom. The van der Waals surface area contributed by atoms with Gasteiger partial charge >= 0.3 is 0 Å². The maximum atomic E-state index is 12.8. The monoisotopic (exact) mass is 394 g/mol. The van der Waals surface area contributed by atoms with Crippen molar-refractivity contribution in [3.8, 4) is 0 Å². The van der Waals surface area contributed by atoms with E-state index in [9.17, 15) is 13.2 Å². The molecule has 1 amide bonds. The van der Waals surface area contributed by atoms with Crippen LogP contribution >= 0.6 is 11.6 Å². The smallest absolute Gasteiger partial charge is 0.239 e. The van der Waals surface area contributed by atoms with E-state index in [2.05, 4.69) is 10.6 Å². The van der Waals surface area contributed by atoms with Gasteiger partial charge in [-0.2, -0.15) is 0 Å². The third kappa shape index (κ3) is 4.77. The summed E-state index contributed by atoms with van der Waals surface area (Å²) in [4.78, 5) is 12.1. The van der Waals surface area contributed by atoms with E-state index in [1.807, 2.05) is 13.8 Å². The Balaban J connectivity index is 2.20. The number of benzene rings is 2. The summed E-state index contributed by atoms with van der Waals surface area (Å²) in [6.07, 6.45) is 0. The molecule has 0 bridgehead atoms. The molecule has 0 aromatic heterocycles. The Bertz CT molecular complexity index is 881. The van der Waals surface area contributed by atoms with Crippen LogP contribution < -0.4 is 10.6 Å². The molecule has 26 heavy (non-hydrogen) atoms. The van der Waals surface area contributed by atoms with Gasteiger partial charge in [0.25, 0.3) is 0 Å². The van der Waals surface area contributed by atoms with Crippen LogP contribution in [0.1, 0.15) is 19.4 Å². The number of hydrogen-bond acceptors (Lipinski definition) is 4. The molecule has 0 aliphatic rings. The molecule has 0 unspecified atom stereocenters. The van der Waals surface area contributed by atoms with Gasteiger partial charge in [-0.3, -0.25) is 4.79 Å². The van der Waals surface area contributed by atoms with Crippen molar-refractivity contribution in [1.29, 1.82) is 0 Å². The molecule has 2 aromatic carbocycles. The molecule has 140 valence electrons. The van der Waals surface area contributed by atoms with E-state index in [0.29, 0.717) is 23.7 Å². The van der Waals surface area contributed by atoms with E-state index in [1.54, 1.807) is 31.2 Å². The SMILES string of the molecule is Cc1c(NCC(=O)NCC(C)C)ccc(S(=O)(=O)c2ccccc2)c1Cl. The van der Waals surface area contributed by atoms with Crippen LogP contribution in [-0.2, 0) is 14.6 Å². The minimum absolute atomic E-state index is 0.0534. The van der Waals surface area contributed by atoms with Gasteiger partial charge in [0.05, 0.1) is 21.4 Å². The topological polar surface area (TPSA) is 75.3 Å². The highest BCUT2D eigenvalue weighted by Crippen LogP contribution is 2.33. The highest BCUT2D eigenvalue weighted by molar-refractivity contribution is 7.91. The number of anilines is 1. The fourth-order valence-electron chi connectivity index (χ4n) is 2.34. The number of rotatable bonds is 7. The van der Waals surface area contributed by atoms with Crippen molar-refractivity contribution in [3.63, 3.8) is 0 Å². The molecular weight excluding hydrogens is 372 g/mol. The third-order valence-corrected chi connectivity index (χ3v) is 6.25. The van der Waals surface area contributed by atoms with Gasteiger partial charge < -0.3 is 10.6 Å². The Morgan fingerprint density at radius 1 is 1.12 bits per heavy atom. The van der Waals surface area contributed by atoms with Crippen molar-refractivity contribution >= 4 is 33.0 Å². The second kappa shape index (κ2) is 8.56. The van der Waals surface area contributed by atoms with Crippen LogP contribution in [0.4, 0.5) is 5.69 Å².